The summed E-state index contributed by atoms with van der Waals surface area (Å²) in [7, 11) is 1.40. The Bertz CT molecular complexity index is 483. The number of methoxy groups -OCH3 is 1. The zero-order valence-electron chi connectivity index (χ0n) is 13.2. The molecule has 0 aliphatic rings. The van der Waals surface area contributed by atoms with Crippen LogP contribution in [0.4, 0.5) is 0 Å². The molecule has 0 aliphatic heterocycles. The van der Waals surface area contributed by atoms with Gasteiger partial charge in [0, 0.05) is 13.0 Å². The SMILES string of the molecule is COC(=O)CCCCCNC(=O)Cc1ccc(C)c(C)c1. The quantitative estimate of drug-likeness (QED) is 0.592. The fraction of sp³-hybridized carbons (Fsp3) is 0.529. The summed E-state index contributed by atoms with van der Waals surface area (Å²) in [4.78, 5) is 22.7. The first kappa shape index (κ1) is 17.2. The van der Waals surface area contributed by atoms with E-state index in [4.69, 9.17) is 0 Å². The topological polar surface area (TPSA) is 55.4 Å². The fourth-order valence-corrected chi connectivity index (χ4v) is 2.06. The van der Waals surface area contributed by atoms with E-state index in [0.717, 1.165) is 24.8 Å². The number of unbranched alkanes of at least 4 members (excludes halogenated alkanes) is 2. The van der Waals surface area contributed by atoms with Crippen LogP contribution in [0.3, 0.4) is 0 Å². The first-order chi connectivity index (χ1) is 10.0. The summed E-state index contributed by atoms with van der Waals surface area (Å²) in [6.07, 6.45) is 3.48. The molecule has 0 saturated carbocycles. The van der Waals surface area contributed by atoms with Gasteiger partial charge in [0.25, 0.3) is 0 Å². The Morgan fingerprint density at radius 1 is 1.10 bits per heavy atom. The summed E-state index contributed by atoms with van der Waals surface area (Å²) in [6.45, 7) is 4.77. The van der Waals surface area contributed by atoms with E-state index in [-0.39, 0.29) is 11.9 Å². The zero-order valence-corrected chi connectivity index (χ0v) is 13.2. The third kappa shape index (κ3) is 6.93. The lowest BCUT2D eigenvalue weighted by Gasteiger charge is -2.07. The summed E-state index contributed by atoms with van der Waals surface area (Å²) < 4.78 is 4.57. The van der Waals surface area contributed by atoms with Crippen molar-refractivity contribution in [3.63, 3.8) is 0 Å². The Balaban J connectivity index is 2.16. The maximum atomic E-state index is 11.8. The number of hydrogen-bond acceptors (Lipinski definition) is 3. The molecule has 0 aromatic heterocycles. The van der Waals surface area contributed by atoms with E-state index in [9.17, 15) is 9.59 Å². The highest BCUT2D eigenvalue weighted by Gasteiger charge is 2.04. The van der Waals surface area contributed by atoms with Gasteiger partial charge in [-0.25, -0.2) is 0 Å². The molecule has 0 aliphatic carbocycles. The summed E-state index contributed by atoms with van der Waals surface area (Å²) >= 11 is 0. The normalized spacial score (nSPS) is 10.2. The molecule has 0 bridgehead atoms. The van der Waals surface area contributed by atoms with Crippen LogP contribution >= 0.6 is 0 Å². The van der Waals surface area contributed by atoms with E-state index in [1.54, 1.807) is 0 Å². The molecule has 0 fully saturated rings. The molecule has 1 aromatic rings. The Morgan fingerprint density at radius 2 is 1.86 bits per heavy atom. The number of carbonyl (C=O) groups is 2. The smallest absolute Gasteiger partial charge is 0.305 e. The second-order valence-corrected chi connectivity index (χ2v) is 5.33. The molecule has 21 heavy (non-hydrogen) atoms. The van der Waals surface area contributed by atoms with E-state index in [1.807, 2.05) is 12.1 Å². The van der Waals surface area contributed by atoms with Gasteiger partial charge in [-0.1, -0.05) is 24.6 Å². The highest BCUT2D eigenvalue weighted by atomic mass is 16.5. The van der Waals surface area contributed by atoms with Crippen molar-refractivity contribution >= 4 is 11.9 Å². The Kier molecular flexibility index (Phi) is 7.51. The lowest BCUT2D eigenvalue weighted by atomic mass is 10.0. The number of esters is 1. The van der Waals surface area contributed by atoms with E-state index in [1.165, 1.54) is 18.2 Å². The summed E-state index contributed by atoms with van der Waals surface area (Å²) in [5.41, 5.74) is 3.49. The van der Waals surface area contributed by atoms with Crippen molar-refractivity contribution in [2.45, 2.75) is 46.0 Å². The van der Waals surface area contributed by atoms with Crippen LogP contribution in [0.1, 0.15) is 42.4 Å². The minimum absolute atomic E-state index is 0.0474. The first-order valence-electron chi connectivity index (χ1n) is 7.42. The van der Waals surface area contributed by atoms with Crippen LogP contribution in [-0.4, -0.2) is 25.5 Å². The number of benzene rings is 1. The maximum Gasteiger partial charge on any atom is 0.305 e. The van der Waals surface area contributed by atoms with Gasteiger partial charge >= 0.3 is 5.97 Å². The minimum Gasteiger partial charge on any atom is -0.469 e. The predicted molar refractivity (Wildman–Crippen MR) is 83.1 cm³/mol. The second-order valence-electron chi connectivity index (χ2n) is 5.33. The Morgan fingerprint density at radius 3 is 2.52 bits per heavy atom. The van der Waals surface area contributed by atoms with Crippen LogP contribution < -0.4 is 5.32 Å². The number of aryl methyl sites for hydroxylation is 2. The van der Waals surface area contributed by atoms with Gasteiger partial charge in [0.1, 0.15) is 0 Å². The monoisotopic (exact) mass is 291 g/mol. The zero-order chi connectivity index (χ0) is 15.7. The fourth-order valence-electron chi connectivity index (χ4n) is 2.06. The van der Waals surface area contributed by atoms with Crippen molar-refractivity contribution in [2.75, 3.05) is 13.7 Å². The van der Waals surface area contributed by atoms with E-state index < -0.39 is 0 Å². The highest BCUT2D eigenvalue weighted by molar-refractivity contribution is 5.78. The lowest BCUT2D eigenvalue weighted by Crippen LogP contribution is -2.26. The summed E-state index contributed by atoms with van der Waals surface area (Å²) in [5.74, 6) is -0.125. The van der Waals surface area contributed by atoms with Gasteiger partial charge in [-0.05, 0) is 43.4 Å². The van der Waals surface area contributed by atoms with E-state index >= 15 is 0 Å². The van der Waals surface area contributed by atoms with Crippen molar-refractivity contribution < 1.29 is 14.3 Å². The van der Waals surface area contributed by atoms with Gasteiger partial charge in [-0.3, -0.25) is 9.59 Å². The molecule has 4 heteroatoms. The average Bonchev–Trinajstić information content (AvgIpc) is 2.46. The number of carbonyl (C=O) groups excluding carboxylic acids is 2. The summed E-state index contributed by atoms with van der Waals surface area (Å²) in [5, 5.41) is 2.91. The average molecular weight is 291 g/mol. The molecule has 0 heterocycles. The third-order valence-corrected chi connectivity index (χ3v) is 3.54. The standard InChI is InChI=1S/C17H25NO3/c1-13-8-9-15(11-14(13)2)12-16(19)18-10-6-4-5-7-17(20)21-3/h8-9,11H,4-7,10,12H2,1-3H3,(H,18,19). The maximum absolute atomic E-state index is 11.8. The Hall–Kier alpha value is -1.84. The molecule has 1 aromatic carbocycles. The van der Waals surface area contributed by atoms with Crippen LogP contribution in [-0.2, 0) is 20.7 Å². The Labute approximate surface area is 126 Å². The third-order valence-electron chi connectivity index (χ3n) is 3.54. The van der Waals surface area contributed by atoms with Gasteiger partial charge < -0.3 is 10.1 Å². The van der Waals surface area contributed by atoms with Gasteiger partial charge in [-0.2, -0.15) is 0 Å². The predicted octanol–water partition coefficient (Wildman–Crippen LogP) is 2.70. The number of ether oxygens (including phenoxy) is 1. The molecule has 0 spiro atoms. The van der Waals surface area contributed by atoms with Crippen LogP contribution in [0, 0.1) is 13.8 Å². The molecule has 0 radical (unpaired) electrons. The second kappa shape index (κ2) is 9.16. The van der Waals surface area contributed by atoms with Crippen molar-refractivity contribution in [2.24, 2.45) is 0 Å². The van der Waals surface area contributed by atoms with Crippen molar-refractivity contribution in [1.29, 1.82) is 0 Å². The van der Waals surface area contributed by atoms with Gasteiger partial charge in [0.2, 0.25) is 5.91 Å². The molecule has 1 amide bonds. The minimum atomic E-state index is -0.172. The van der Waals surface area contributed by atoms with Crippen LogP contribution in [0.15, 0.2) is 18.2 Å². The molecule has 1 rings (SSSR count). The van der Waals surface area contributed by atoms with Gasteiger partial charge in [0.05, 0.1) is 13.5 Å². The van der Waals surface area contributed by atoms with Crippen molar-refractivity contribution in [1.82, 2.24) is 5.32 Å². The number of nitrogens with one attached hydrogen (secondary N) is 1. The number of hydrogen-bond donors (Lipinski definition) is 1. The molecule has 0 unspecified atom stereocenters. The number of amides is 1. The molecule has 0 atom stereocenters. The van der Waals surface area contributed by atoms with Crippen molar-refractivity contribution in [3.8, 4) is 0 Å². The van der Waals surface area contributed by atoms with Crippen LogP contribution in [0.2, 0.25) is 0 Å². The largest absolute Gasteiger partial charge is 0.469 e. The molecular weight excluding hydrogens is 266 g/mol. The van der Waals surface area contributed by atoms with Crippen LogP contribution in [0.5, 0.6) is 0 Å². The molecular formula is C17H25NO3. The molecule has 116 valence electrons. The highest BCUT2D eigenvalue weighted by Crippen LogP contribution is 2.10. The van der Waals surface area contributed by atoms with E-state index in [2.05, 4.69) is 30.0 Å². The number of rotatable bonds is 8. The van der Waals surface area contributed by atoms with Gasteiger partial charge in [0.15, 0.2) is 0 Å². The molecule has 1 N–H and O–H groups in total. The van der Waals surface area contributed by atoms with Crippen LogP contribution in [0.25, 0.3) is 0 Å². The first-order valence-corrected chi connectivity index (χ1v) is 7.42. The van der Waals surface area contributed by atoms with Gasteiger partial charge in [-0.15, -0.1) is 0 Å². The molecule has 0 saturated heterocycles. The van der Waals surface area contributed by atoms with E-state index in [0.29, 0.717) is 19.4 Å². The molecule has 4 nitrogen and oxygen atoms in total. The lowest BCUT2D eigenvalue weighted by molar-refractivity contribution is -0.140. The van der Waals surface area contributed by atoms with Crippen molar-refractivity contribution in [3.05, 3.63) is 34.9 Å². The summed E-state index contributed by atoms with van der Waals surface area (Å²) in [6, 6.07) is 6.11.